The van der Waals surface area contributed by atoms with Gasteiger partial charge >= 0.3 is 0 Å². The average Bonchev–Trinajstić information content (AvgIpc) is 3.18. The molecule has 0 unspecified atom stereocenters. The molecule has 4 aromatic carbocycles. The Hall–Kier alpha value is -5.39. The number of fused-ring (bicyclic) bond motifs is 4. The van der Waals surface area contributed by atoms with Crippen LogP contribution in [0.25, 0.3) is 38.8 Å². The van der Waals surface area contributed by atoms with Crippen molar-refractivity contribution in [1.82, 2.24) is 15.0 Å². The summed E-state index contributed by atoms with van der Waals surface area (Å²) < 4.78 is 0. The predicted molar refractivity (Wildman–Crippen MR) is 221 cm³/mol. The minimum atomic E-state index is 0. The first-order chi connectivity index (χ1) is 24.5. The summed E-state index contributed by atoms with van der Waals surface area (Å²) in [5, 5.41) is 14.7. The molecule has 0 saturated heterocycles. The van der Waals surface area contributed by atoms with Crippen LogP contribution in [0.5, 0.6) is 0 Å². The molecule has 0 spiro atoms. The highest BCUT2D eigenvalue weighted by Gasteiger charge is 2.14. The van der Waals surface area contributed by atoms with E-state index < -0.39 is 0 Å². The minimum Gasteiger partial charge on any atom is -0.397 e. The van der Waals surface area contributed by atoms with Crippen LogP contribution in [0, 0.1) is 6.92 Å². The van der Waals surface area contributed by atoms with Gasteiger partial charge in [0.05, 0.1) is 22.2 Å². The lowest BCUT2D eigenvalue weighted by atomic mass is 9.97. The second-order valence-corrected chi connectivity index (χ2v) is 11.9. The molecule has 3 aromatic heterocycles. The fourth-order valence-electron chi connectivity index (χ4n) is 5.48. The van der Waals surface area contributed by atoms with Crippen LogP contribution < -0.4 is 5.32 Å². The second kappa shape index (κ2) is 21.6. The molecule has 264 valence electrons. The average molecular weight is 679 g/mol. The molecule has 0 saturated carbocycles. The van der Waals surface area contributed by atoms with E-state index in [2.05, 4.69) is 113 Å². The van der Waals surface area contributed by atoms with Gasteiger partial charge in [-0.2, -0.15) is 0 Å². The van der Waals surface area contributed by atoms with Crippen molar-refractivity contribution in [3.8, 4) is 0 Å². The summed E-state index contributed by atoms with van der Waals surface area (Å²) in [5.74, 6) is 0. The number of hydrogen-bond acceptors (Lipinski definition) is 5. The molecule has 8 rings (SSSR count). The topological polar surface area (TPSA) is 70.9 Å². The Labute approximate surface area is 305 Å². The van der Waals surface area contributed by atoms with Gasteiger partial charge in [-0.15, -0.1) is 0 Å². The summed E-state index contributed by atoms with van der Waals surface area (Å²) in [6.45, 7) is 12.0. The molecule has 7 aromatic rings. The minimum absolute atomic E-state index is 0. The van der Waals surface area contributed by atoms with E-state index in [4.69, 9.17) is 5.11 Å². The molecule has 0 aliphatic carbocycles. The van der Waals surface area contributed by atoms with Crippen LogP contribution in [0.1, 0.15) is 63.7 Å². The summed E-state index contributed by atoms with van der Waals surface area (Å²) in [5.41, 5.74) is 9.17. The number of nitrogens with one attached hydrogen (secondary N) is 1. The van der Waals surface area contributed by atoms with Gasteiger partial charge in [0.1, 0.15) is 0 Å². The number of anilines is 1. The van der Waals surface area contributed by atoms with Crippen molar-refractivity contribution < 1.29 is 5.11 Å². The number of nitrogens with zero attached hydrogens (tertiary/aromatic N) is 3. The van der Waals surface area contributed by atoms with Gasteiger partial charge in [-0.3, -0.25) is 9.97 Å². The van der Waals surface area contributed by atoms with Crippen molar-refractivity contribution in [2.75, 3.05) is 11.9 Å². The van der Waals surface area contributed by atoms with Gasteiger partial charge in [0.25, 0.3) is 0 Å². The summed E-state index contributed by atoms with van der Waals surface area (Å²) in [4.78, 5) is 13.2. The van der Waals surface area contributed by atoms with Crippen molar-refractivity contribution in [3.63, 3.8) is 0 Å². The van der Waals surface area contributed by atoms with Crippen LogP contribution >= 0.6 is 0 Å². The van der Waals surface area contributed by atoms with Crippen LogP contribution in [-0.2, 0) is 12.8 Å². The molecule has 5 heteroatoms. The van der Waals surface area contributed by atoms with Crippen molar-refractivity contribution >= 4 is 44.5 Å². The lowest BCUT2D eigenvalue weighted by Gasteiger charge is -2.25. The Morgan fingerprint density at radius 2 is 1.18 bits per heavy atom. The van der Waals surface area contributed by atoms with E-state index in [-0.39, 0.29) is 14.0 Å². The maximum atomic E-state index is 7.57. The highest BCUT2D eigenvalue weighted by atomic mass is 16.2. The number of aliphatic hydroxyl groups excluding tert-OH is 1. The third-order valence-corrected chi connectivity index (χ3v) is 8.22. The number of aryl methyl sites for hydroxylation is 3. The van der Waals surface area contributed by atoms with Crippen molar-refractivity contribution in [1.29, 1.82) is 0 Å². The Kier molecular flexibility index (Phi) is 17.0. The number of rotatable bonds is 3. The SMILES string of the molecule is C.C=Cc1ccc2ccccc2n1.CCO.CC[C@H]1CCc2ccccc2N1.CCc1ccc2ccccc2n1.Cc1ccc2ccccc2n1. The van der Waals surface area contributed by atoms with Gasteiger partial charge in [0, 0.05) is 45.9 Å². The molecule has 2 N–H and O–H groups in total. The molecule has 1 aliphatic rings. The van der Waals surface area contributed by atoms with E-state index in [0.29, 0.717) is 6.04 Å². The first kappa shape index (κ1) is 40.0. The van der Waals surface area contributed by atoms with Gasteiger partial charge in [-0.1, -0.05) is 119 Å². The number of aliphatic hydroxyl groups is 1. The first-order valence-corrected chi connectivity index (χ1v) is 17.6. The van der Waals surface area contributed by atoms with Gasteiger partial charge in [-0.25, -0.2) is 4.98 Å². The Morgan fingerprint density at radius 3 is 1.76 bits per heavy atom. The zero-order valence-corrected chi connectivity index (χ0v) is 29.9. The van der Waals surface area contributed by atoms with Gasteiger partial charge < -0.3 is 10.4 Å². The highest BCUT2D eigenvalue weighted by Crippen LogP contribution is 2.25. The summed E-state index contributed by atoms with van der Waals surface area (Å²) in [6, 6.07) is 46.1. The molecule has 5 nitrogen and oxygen atoms in total. The fourth-order valence-corrected chi connectivity index (χ4v) is 5.48. The number of aromatic nitrogens is 3. The van der Waals surface area contributed by atoms with Gasteiger partial charge in [-0.05, 0) is 93.6 Å². The Balaban J connectivity index is 0.000000178. The van der Waals surface area contributed by atoms with E-state index >= 15 is 0 Å². The van der Waals surface area contributed by atoms with E-state index in [0.717, 1.165) is 40.1 Å². The van der Waals surface area contributed by atoms with Crippen molar-refractivity contribution in [2.24, 2.45) is 0 Å². The quantitative estimate of drug-likeness (QED) is 0.195. The molecule has 1 aliphatic heterocycles. The van der Waals surface area contributed by atoms with Crippen LogP contribution in [0.2, 0.25) is 0 Å². The molecule has 1 atom stereocenters. The van der Waals surface area contributed by atoms with Crippen LogP contribution in [0.4, 0.5) is 5.69 Å². The maximum absolute atomic E-state index is 7.57. The van der Waals surface area contributed by atoms with E-state index in [1.54, 1.807) is 13.0 Å². The van der Waals surface area contributed by atoms with Crippen LogP contribution in [0.15, 0.2) is 140 Å². The van der Waals surface area contributed by atoms with E-state index in [9.17, 15) is 0 Å². The normalized spacial score (nSPS) is 12.4. The summed E-state index contributed by atoms with van der Waals surface area (Å²) in [6.07, 6.45) is 6.51. The lowest BCUT2D eigenvalue weighted by molar-refractivity contribution is 0.318. The third-order valence-electron chi connectivity index (χ3n) is 8.22. The number of para-hydroxylation sites is 4. The van der Waals surface area contributed by atoms with E-state index in [1.165, 1.54) is 46.7 Å². The van der Waals surface area contributed by atoms with Gasteiger partial charge in [0.15, 0.2) is 0 Å². The monoisotopic (exact) mass is 678 g/mol. The fraction of sp³-hybridized carbons (Fsp3) is 0.239. The molecular formula is C46H54N4O. The third kappa shape index (κ3) is 12.5. The zero-order valence-electron chi connectivity index (χ0n) is 29.9. The Morgan fingerprint density at radius 1 is 0.667 bits per heavy atom. The van der Waals surface area contributed by atoms with Gasteiger partial charge in [0.2, 0.25) is 0 Å². The number of pyridine rings is 3. The molecule has 51 heavy (non-hydrogen) atoms. The van der Waals surface area contributed by atoms with E-state index in [1.807, 2.05) is 67.6 Å². The van der Waals surface area contributed by atoms with Crippen LogP contribution in [-0.4, -0.2) is 32.7 Å². The molecule has 0 fully saturated rings. The van der Waals surface area contributed by atoms with Crippen molar-refractivity contribution in [2.45, 2.75) is 66.8 Å². The number of benzene rings is 4. The maximum Gasteiger partial charge on any atom is 0.0709 e. The molecule has 0 radical (unpaired) electrons. The summed E-state index contributed by atoms with van der Waals surface area (Å²) in [7, 11) is 0. The number of hydrogen-bond donors (Lipinski definition) is 2. The second-order valence-electron chi connectivity index (χ2n) is 11.9. The molecular weight excluding hydrogens is 625 g/mol. The zero-order chi connectivity index (χ0) is 35.6. The van der Waals surface area contributed by atoms with Crippen molar-refractivity contribution in [3.05, 3.63) is 163 Å². The molecule has 0 amide bonds. The lowest BCUT2D eigenvalue weighted by Crippen LogP contribution is -2.24. The van der Waals surface area contributed by atoms with Crippen LogP contribution in [0.3, 0.4) is 0 Å². The summed E-state index contributed by atoms with van der Waals surface area (Å²) >= 11 is 0. The first-order valence-electron chi connectivity index (χ1n) is 17.6. The largest absolute Gasteiger partial charge is 0.397 e. The Bertz CT molecular complexity index is 2070. The molecule has 4 heterocycles. The highest BCUT2D eigenvalue weighted by molar-refractivity contribution is 5.80. The molecule has 0 bridgehead atoms. The smallest absolute Gasteiger partial charge is 0.0709 e. The predicted octanol–water partition coefficient (Wildman–Crippen LogP) is 11.7. The standard InChI is InChI=1S/C11H15N.C11H11N.C11H9N.C10H9N.C2H6O.CH4/c3*1-2-10-8-7-9-5-3-4-6-11(9)12-10;1-8-6-7-9-4-2-3-5-10(9)11-8;1-2-3;/h3-6,10,12H,2,7-8H2,1H3;3-8H,2H2,1H3;2-8H,1H2;2-7H,1H3;3H,2H2,1H3;1H4/t10-;;;;;/m0...../s1.